The summed E-state index contributed by atoms with van der Waals surface area (Å²) in [5, 5.41) is 0.659. The molecule has 6 heteroatoms. The summed E-state index contributed by atoms with van der Waals surface area (Å²) in [6.07, 6.45) is 6.30. The van der Waals surface area contributed by atoms with Crippen molar-refractivity contribution in [2.45, 2.75) is 40.5 Å². The van der Waals surface area contributed by atoms with Crippen molar-refractivity contribution in [3.63, 3.8) is 0 Å². The molecule has 2 aromatic rings. The van der Waals surface area contributed by atoms with Gasteiger partial charge in [0.25, 0.3) is 5.56 Å². The zero-order valence-corrected chi connectivity index (χ0v) is 18.0. The number of nitrogens with zero attached hydrogens (tertiary/aromatic N) is 1. The normalized spacial score (nSPS) is 11.3. The highest BCUT2D eigenvalue weighted by molar-refractivity contribution is 5.89. The molecule has 6 nitrogen and oxygen atoms in total. The van der Waals surface area contributed by atoms with Gasteiger partial charge in [-0.15, -0.1) is 0 Å². The van der Waals surface area contributed by atoms with E-state index in [1.165, 1.54) is 29.7 Å². The standard InChI is InChI=1S/C23H29NO5/c1-15(2)8-7-9-16(3)12-13-28-18-10-11-19-20(14-18)24(5)23(26)22(21(19)27-6)29-17(4)25/h8,10-12,14H,7,9,13H2,1-6H3/b16-12+. The molecule has 0 unspecified atom stereocenters. The molecule has 0 aliphatic carbocycles. The Kier molecular flexibility index (Phi) is 7.65. The number of benzene rings is 1. The molecule has 1 aromatic heterocycles. The fraction of sp³-hybridized carbons (Fsp3) is 0.391. The van der Waals surface area contributed by atoms with Crippen LogP contribution in [0, 0.1) is 0 Å². The Morgan fingerprint density at radius 3 is 2.45 bits per heavy atom. The predicted octanol–water partition coefficient (Wildman–Crippen LogP) is 4.54. The summed E-state index contributed by atoms with van der Waals surface area (Å²) >= 11 is 0. The lowest BCUT2D eigenvalue weighted by Crippen LogP contribution is -2.22. The SMILES string of the molecule is COc1c(OC(C)=O)c(=O)n(C)c2cc(OC/C=C(\C)CCC=C(C)C)ccc12. The summed E-state index contributed by atoms with van der Waals surface area (Å²) in [5.74, 6) is 0.188. The number of fused-ring (bicyclic) bond motifs is 1. The van der Waals surface area contributed by atoms with Crippen LogP contribution in [0.5, 0.6) is 17.2 Å². The van der Waals surface area contributed by atoms with E-state index >= 15 is 0 Å². The van der Waals surface area contributed by atoms with Crippen molar-refractivity contribution >= 4 is 16.9 Å². The second kappa shape index (κ2) is 9.96. The maximum Gasteiger partial charge on any atom is 0.308 e. The lowest BCUT2D eigenvalue weighted by atomic mass is 10.1. The Morgan fingerprint density at radius 2 is 1.83 bits per heavy atom. The molecule has 2 rings (SSSR count). The number of hydrogen-bond donors (Lipinski definition) is 0. The minimum absolute atomic E-state index is 0.112. The topological polar surface area (TPSA) is 66.8 Å². The zero-order chi connectivity index (χ0) is 21.6. The van der Waals surface area contributed by atoms with Crippen LogP contribution in [0.1, 0.15) is 40.5 Å². The monoisotopic (exact) mass is 399 g/mol. The maximum absolute atomic E-state index is 12.6. The van der Waals surface area contributed by atoms with Gasteiger partial charge in [0.1, 0.15) is 12.4 Å². The van der Waals surface area contributed by atoms with Crippen LogP contribution in [0.2, 0.25) is 0 Å². The average Bonchev–Trinajstić information content (AvgIpc) is 2.66. The summed E-state index contributed by atoms with van der Waals surface area (Å²) in [6, 6.07) is 5.38. The third-order valence-corrected chi connectivity index (χ3v) is 4.50. The van der Waals surface area contributed by atoms with Gasteiger partial charge < -0.3 is 18.8 Å². The van der Waals surface area contributed by atoms with E-state index in [9.17, 15) is 9.59 Å². The van der Waals surface area contributed by atoms with Gasteiger partial charge in [0.2, 0.25) is 5.75 Å². The number of carbonyl (C=O) groups is 1. The van der Waals surface area contributed by atoms with Crippen LogP contribution in [0.3, 0.4) is 0 Å². The van der Waals surface area contributed by atoms with E-state index in [0.717, 1.165) is 12.8 Å². The van der Waals surface area contributed by atoms with E-state index in [4.69, 9.17) is 14.2 Å². The van der Waals surface area contributed by atoms with Gasteiger partial charge in [0.15, 0.2) is 5.75 Å². The summed E-state index contributed by atoms with van der Waals surface area (Å²) in [6.45, 7) is 7.98. The summed E-state index contributed by atoms with van der Waals surface area (Å²) in [4.78, 5) is 24.0. The van der Waals surface area contributed by atoms with E-state index in [-0.39, 0.29) is 11.5 Å². The molecule has 0 amide bonds. The Hall–Kier alpha value is -3.02. The number of pyridine rings is 1. The molecule has 0 radical (unpaired) electrons. The highest BCUT2D eigenvalue weighted by Gasteiger charge is 2.19. The molecule has 29 heavy (non-hydrogen) atoms. The Bertz CT molecular complexity index is 1010. The first kappa shape index (κ1) is 22.3. The van der Waals surface area contributed by atoms with Gasteiger partial charge in [-0.25, -0.2) is 0 Å². The predicted molar refractivity (Wildman–Crippen MR) is 115 cm³/mol. The van der Waals surface area contributed by atoms with E-state index in [2.05, 4.69) is 32.9 Å². The second-order valence-electron chi connectivity index (χ2n) is 7.18. The molecule has 0 aliphatic rings. The number of aryl methyl sites for hydroxylation is 1. The fourth-order valence-electron chi connectivity index (χ4n) is 2.96. The van der Waals surface area contributed by atoms with Crippen LogP contribution in [0.25, 0.3) is 10.9 Å². The van der Waals surface area contributed by atoms with Crippen molar-refractivity contribution < 1.29 is 19.0 Å². The van der Waals surface area contributed by atoms with Crippen LogP contribution < -0.4 is 19.8 Å². The first-order valence-corrected chi connectivity index (χ1v) is 9.55. The molecule has 156 valence electrons. The Morgan fingerprint density at radius 1 is 1.10 bits per heavy atom. The number of allylic oxidation sites excluding steroid dienone is 3. The van der Waals surface area contributed by atoms with Crippen molar-refractivity contribution in [2.75, 3.05) is 13.7 Å². The molecule has 0 atom stereocenters. The van der Waals surface area contributed by atoms with Crippen LogP contribution in [-0.2, 0) is 11.8 Å². The van der Waals surface area contributed by atoms with Crippen molar-refractivity contribution in [2.24, 2.45) is 7.05 Å². The smallest absolute Gasteiger partial charge is 0.308 e. The lowest BCUT2D eigenvalue weighted by Gasteiger charge is -2.15. The molecule has 0 aliphatic heterocycles. The van der Waals surface area contributed by atoms with Gasteiger partial charge in [0.05, 0.1) is 12.6 Å². The van der Waals surface area contributed by atoms with Crippen molar-refractivity contribution in [3.8, 4) is 17.2 Å². The first-order valence-electron chi connectivity index (χ1n) is 9.55. The minimum Gasteiger partial charge on any atom is -0.492 e. The van der Waals surface area contributed by atoms with Gasteiger partial charge in [-0.05, 0) is 51.8 Å². The van der Waals surface area contributed by atoms with Crippen LogP contribution in [0.15, 0.2) is 46.3 Å². The van der Waals surface area contributed by atoms with Gasteiger partial charge >= 0.3 is 5.97 Å². The fourth-order valence-corrected chi connectivity index (χ4v) is 2.96. The highest BCUT2D eigenvalue weighted by atomic mass is 16.6. The van der Waals surface area contributed by atoms with Gasteiger partial charge in [-0.2, -0.15) is 0 Å². The average molecular weight is 399 g/mol. The summed E-state index contributed by atoms with van der Waals surface area (Å²) in [7, 11) is 3.06. The Labute approximate surface area is 171 Å². The highest BCUT2D eigenvalue weighted by Crippen LogP contribution is 2.34. The third kappa shape index (κ3) is 5.73. The number of rotatable bonds is 8. The van der Waals surface area contributed by atoms with Crippen molar-refractivity contribution in [1.82, 2.24) is 4.57 Å². The van der Waals surface area contributed by atoms with Gasteiger partial charge in [0, 0.05) is 25.4 Å². The molecule has 1 aromatic carbocycles. The zero-order valence-electron chi connectivity index (χ0n) is 18.0. The third-order valence-electron chi connectivity index (χ3n) is 4.50. The van der Waals surface area contributed by atoms with Crippen molar-refractivity contribution in [1.29, 1.82) is 0 Å². The van der Waals surface area contributed by atoms with E-state index < -0.39 is 11.5 Å². The molecule has 0 N–H and O–H groups in total. The Balaban J connectivity index is 2.26. The number of ether oxygens (including phenoxy) is 3. The molecule has 0 saturated carbocycles. The van der Waals surface area contributed by atoms with E-state index in [0.29, 0.717) is 23.3 Å². The molecule has 0 saturated heterocycles. The van der Waals surface area contributed by atoms with E-state index in [1.807, 2.05) is 0 Å². The van der Waals surface area contributed by atoms with E-state index in [1.54, 1.807) is 25.2 Å². The molecule has 1 heterocycles. The number of esters is 1. The molecular formula is C23H29NO5. The first-order chi connectivity index (χ1) is 13.7. The maximum atomic E-state index is 12.6. The minimum atomic E-state index is -0.577. The summed E-state index contributed by atoms with van der Waals surface area (Å²) < 4.78 is 17.7. The second-order valence-corrected chi connectivity index (χ2v) is 7.18. The quantitative estimate of drug-likeness (QED) is 0.481. The van der Waals surface area contributed by atoms with Crippen molar-refractivity contribution in [3.05, 3.63) is 51.9 Å². The molecule has 0 fully saturated rings. The number of carbonyl (C=O) groups excluding carboxylic acids is 1. The molecule has 0 spiro atoms. The van der Waals surface area contributed by atoms with Gasteiger partial charge in [-0.3, -0.25) is 9.59 Å². The summed E-state index contributed by atoms with van der Waals surface area (Å²) in [5.41, 5.74) is 2.77. The number of aromatic nitrogens is 1. The number of hydrogen-bond acceptors (Lipinski definition) is 5. The van der Waals surface area contributed by atoms with Crippen LogP contribution in [-0.4, -0.2) is 24.3 Å². The van der Waals surface area contributed by atoms with Crippen LogP contribution in [0.4, 0.5) is 0 Å². The lowest BCUT2D eigenvalue weighted by molar-refractivity contribution is -0.132. The van der Waals surface area contributed by atoms with Gasteiger partial charge in [-0.1, -0.05) is 17.2 Å². The number of methoxy groups -OCH3 is 1. The molecular weight excluding hydrogens is 370 g/mol. The van der Waals surface area contributed by atoms with Crippen LogP contribution >= 0.6 is 0 Å². The largest absolute Gasteiger partial charge is 0.492 e. The molecule has 0 bridgehead atoms.